The van der Waals surface area contributed by atoms with E-state index in [-0.39, 0.29) is 6.09 Å². The van der Waals surface area contributed by atoms with Gasteiger partial charge in [-0.1, -0.05) is 0 Å². The van der Waals surface area contributed by atoms with Gasteiger partial charge in [0.25, 0.3) is 0 Å². The highest BCUT2D eigenvalue weighted by Gasteiger charge is 2.40. The van der Waals surface area contributed by atoms with Gasteiger partial charge in [-0.3, -0.25) is 9.59 Å². The second kappa shape index (κ2) is 11.6. The summed E-state index contributed by atoms with van der Waals surface area (Å²) >= 11 is 0. The Morgan fingerprint density at radius 3 is 1.97 bits per heavy atom. The molecule has 6 N–H and O–H groups in total. The summed E-state index contributed by atoms with van der Waals surface area (Å²) in [6.45, 7) is 8.00. The first-order valence-electron chi connectivity index (χ1n) is 9.27. The highest BCUT2D eigenvalue weighted by molar-refractivity contribution is 5.88. The number of nitrogens with zero attached hydrogens (tertiary/aromatic N) is 1. The number of aliphatic hydroxyl groups is 1. The highest BCUT2D eigenvalue weighted by atomic mass is 16.6. The van der Waals surface area contributed by atoms with E-state index in [2.05, 4.69) is 0 Å². The zero-order valence-corrected chi connectivity index (χ0v) is 17.1. The molecule has 1 aliphatic rings. The Balaban J connectivity index is 0.000000555. The van der Waals surface area contributed by atoms with Crippen molar-refractivity contribution < 1.29 is 44.3 Å². The molecule has 0 radical (unpaired) electrons. The number of aliphatic carboxylic acids is 3. The van der Waals surface area contributed by atoms with Crippen molar-refractivity contribution in [1.29, 1.82) is 0 Å². The van der Waals surface area contributed by atoms with Gasteiger partial charge in [-0.15, -0.1) is 0 Å². The summed E-state index contributed by atoms with van der Waals surface area (Å²) in [7, 11) is 0. The second-order valence-corrected chi connectivity index (χ2v) is 7.99. The lowest BCUT2D eigenvalue weighted by Crippen LogP contribution is -2.43. The molecule has 0 saturated carbocycles. The molecule has 0 aliphatic carbocycles. The normalized spacial score (nSPS) is 17.0. The maximum Gasteiger partial charge on any atom is 0.410 e. The Morgan fingerprint density at radius 1 is 1.07 bits per heavy atom. The number of carbonyl (C=O) groups excluding carboxylic acids is 1. The number of rotatable bonds is 7. The number of ether oxygens (including phenoxy) is 1. The van der Waals surface area contributed by atoms with Crippen molar-refractivity contribution in [3.05, 3.63) is 0 Å². The Morgan fingerprint density at radius 2 is 1.59 bits per heavy atom. The monoisotopic (exact) mass is 420 g/mol. The zero-order chi connectivity index (χ0) is 22.8. The van der Waals surface area contributed by atoms with Gasteiger partial charge in [0.2, 0.25) is 0 Å². The summed E-state index contributed by atoms with van der Waals surface area (Å²) in [6.07, 6.45) is 0.761. The molecule has 1 saturated heterocycles. The van der Waals surface area contributed by atoms with Gasteiger partial charge in [0.1, 0.15) is 5.60 Å². The summed E-state index contributed by atoms with van der Waals surface area (Å²) in [4.78, 5) is 44.1. The van der Waals surface area contributed by atoms with E-state index in [1.54, 1.807) is 0 Å². The van der Waals surface area contributed by atoms with E-state index >= 15 is 0 Å². The van der Waals surface area contributed by atoms with Gasteiger partial charge in [-0.05, 0) is 52.5 Å². The second-order valence-electron chi connectivity index (χ2n) is 7.99. The third-order valence-corrected chi connectivity index (χ3v) is 4.03. The lowest BCUT2D eigenvalue weighted by molar-refractivity contribution is -0.170. The number of nitrogens with two attached hydrogens (primary N) is 1. The summed E-state index contributed by atoms with van der Waals surface area (Å²) in [5.41, 5.74) is 2.40. The van der Waals surface area contributed by atoms with Crippen molar-refractivity contribution in [3.8, 4) is 0 Å². The minimum absolute atomic E-state index is 0.186. The van der Waals surface area contributed by atoms with Crippen molar-refractivity contribution in [2.45, 2.75) is 64.1 Å². The third-order valence-electron chi connectivity index (χ3n) is 4.03. The van der Waals surface area contributed by atoms with Crippen LogP contribution in [0.2, 0.25) is 0 Å². The number of piperidine rings is 1. The largest absolute Gasteiger partial charge is 0.481 e. The number of amides is 1. The average Bonchev–Trinajstić information content (AvgIpc) is 2.52. The van der Waals surface area contributed by atoms with E-state index in [0.29, 0.717) is 12.5 Å². The van der Waals surface area contributed by atoms with Crippen LogP contribution in [0, 0.1) is 5.92 Å². The predicted molar refractivity (Wildman–Crippen MR) is 101 cm³/mol. The molecule has 0 bridgehead atoms. The van der Waals surface area contributed by atoms with Crippen molar-refractivity contribution >= 4 is 24.0 Å². The van der Waals surface area contributed by atoms with Crippen LogP contribution in [0.15, 0.2) is 0 Å². The topological polar surface area (TPSA) is 188 Å². The predicted octanol–water partition coefficient (Wildman–Crippen LogP) is 0.734. The minimum atomic E-state index is -2.74. The van der Waals surface area contributed by atoms with E-state index in [1.165, 1.54) is 6.42 Å². The summed E-state index contributed by atoms with van der Waals surface area (Å²) in [6, 6.07) is 0. The summed E-state index contributed by atoms with van der Waals surface area (Å²) in [5, 5.41) is 33.8. The van der Waals surface area contributed by atoms with E-state index in [9.17, 15) is 19.2 Å². The van der Waals surface area contributed by atoms with E-state index in [0.717, 1.165) is 25.9 Å². The van der Waals surface area contributed by atoms with Crippen LogP contribution in [0.4, 0.5) is 4.79 Å². The molecule has 1 heterocycles. The molecule has 1 unspecified atom stereocenters. The molecule has 0 aromatic rings. The molecule has 168 valence electrons. The molecule has 0 spiro atoms. The maximum atomic E-state index is 11.8. The number of likely N-dealkylation sites (tertiary alicyclic amines) is 1. The molecule has 0 aromatic heterocycles. The number of carboxylic acids is 3. The SMILES string of the molecule is CC(C)(C)OC(=O)N1CCCC(CCN)C1.O=C(O)CC(O)(CC(=O)O)C(=O)O. The molecule has 11 nitrogen and oxygen atoms in total. The minimum Gasteiger partial charge on any atom is -0.481 e. The average molecular weight is 420 g/mol. The van der Waals surface area contributed by atoms with E-state index in [1.807, 2.05) is 25.7 Å². The van der Waals surface area contributed by atoms with Crippen LogP contribution in [-0.2, 0) is 19.1 Å². The molecule has 1 amide bonds. The highest BCUT2D eigenvalue weighted by Crippen LogP contribution is 2.21. The first kappa shape index (κ1) is 26.6. The van der Waals surface area contributed by atoms with Crippen molar-refractivity contribution in [2.24, 2.45) is 11.7 Å². The van der Waals surface area contributed by atoms with Crippen LogP contribution in [0.3, 0.4) is 0 Å². The van der Waals surface area contributed by atoms with Crippen LogP contribution in [0.1, 0.15) is 52.9 Å². The van der Waals surface area contributed by atoms with Gasteiger partial charge < -0.3 is 35.8 Å². The Hall–Kier alpha value is -2.40. The Bertz CT molecular complexity index is 568. The molecule has 1 fully saturated rings. The third kappa shape index (κ3) is 11.3. The molecule has 29 heavy (non-hydrogen) atoms. The van der Waals surface area contributed by atoms with Gasteiger partial charge >= 0.3 is 24.0 Å². The van der Waals surface area contributed by atoms with Crippen LogP contribution in [0.5, 0.6) is 0 Å². The van der Waals surface area contributed by atoms with Gasteiger partial charge in [0.05, 0.1) is 12.8 Å². The molecular formula is C18H32N2O9. The molecule has 0 aromatic carbocycles. The first-order valence-corrected chi connectivity index (χ1v) is 9.27. The standard InChI is InChI=1S/C12H24N2O2.C6H8O7/c1-12(2,3)16-11(15)14-8-4-5-10(9-14)6-7-13;7-3(8)1-6(13,5(11)12)2-4(9)10/h10H,4-9,13H2,1-3H3;13H,1-2H2,(H,7,8)(H,9,10)(H,11,12). The molecule has 1 atom stereocenters. The van der Waals surface area contributed by atoms with Gasteiger partial charge in [-0.2, -0.15) is 0 Å². The number of hydrogen-bond donors (Lipinski definition) is 5. The smallest absolute Gasteiger partial charge is 0.410 e. The number of carbonyl (C=O) groups is 4. The molecule has 1 rings (SSSR count). The fraction of sp³-hybridized carbons (Fsp3) is 0.778. The number of hydrogen-bond acceptors (Lipinski definition) is 7. The summed E-state index contributed by atoms with van der Waals surface area (Å²) < 4.78 is 5.36. The molecular weight excluding hydrogens is 388 g/mol. The quantitative estimate of drug-likeness (QED) is 0.393. The lowest BCUT2D eigenvalue weighted by Gasteiger charge is -2.34. The van der Waals surface area contributed by atoms with Gasteiger partial charge in [0.15, 0.2) is 5.60 Å². The Labute approximate surface area is 169 Å². The van der Waals surface area contributed by atoms with E-state index in [4.69, 9.17) is 30.9 Å². The number of carboxylic acid groups (broad SMARTS) is 3. The van der Waals surface area contributed by atoms with Crippen molar-refractivity contribution in [1.82, 2.24) is 4.90 Å². The van der Waals surface area contributed by atoms with Crippen LogP contribution in [0.25, 0.3) is 0 Å². The zero-order valence-electron chi connectivity index (χ0n) is 17.1. The summed E-state index contributed by atoms with van der Waals surface area (Å²) in [5.74, 6) is -4.47. The molecule has 11 heteroatoms. The van der Waals surface area contributed by atoms with Crippen LogP contribution < -0.4 is 5.73 Å². The van der Waals surface area contributed by atoms with Gasteiger partial charge in [-0.25, -0.2) is 9.59 Å². The Kier molecular flexibility index (Phi) is 10.6. The maximum absolute atomic E-state index is 11.8. The van der Waals surface area contributed by atoms with Crippen molar-refractivity contribution in [3.63, 3.8) is 0 Å². The van der Waals surface area contributed by atoms with Crippen molar-refractivity contribution in [2.75, 3.05) is 19.6 Å². The fourth-order valence-corrected chi connectivity index (χ4v) is 2.74. The van der Waals surface area contributed by atoms with E-state index < -0.39 is 42.0 Å². The fourth-order valence-electron chi connectivity index (χ4n) is 2.74. The first-order chi connectivity index (χ1) is 13.2. The van der Waals surface area contributed by atoms with Crippen LogP contribution in [-0.4, -0.2) is 80.2 Å². The molecule has 1 aliphatic heterocycles. The van der Waals surface area contributed by atoms with Gasteiger partial charge in [0, 0.05) is 13.1 Å². The van der Waals surface area contributed by atoms with Crippen LogP contribution >= 0.6 is 0 Å². The lowest BCUT2D eigenvalue weighted by atomic mass is 9.95.